The van der Waals surface area contributed by atoms with Gasteiger partial charge in [0, 0.05) is 23.0 Å². The molecular formula is C18H21ClN2O3S2. The molecule has 0 saturated carbocycles. The number of amides is 1. The maximum atomic E-state index is 12.3. The van der Waals surface area contributed by atoms with E-state index < -0.39 is 10.0 Å². The molecule has 2 N–H and O–H groups in total. The zero-order chi connectivity index (χ0) is 18.7. The van der Waals surface area contributed by atoms with Crippen molar-refractivity contribution in [1.82, 2.24) is 10.0 Å². The van der Waals surface area contributed by atoms with Gasteiger partial charge in [-0.05, 0) is 55.0 Å². The minimum atomic E-state index is -3.64. The lowest BCUT2D eigenvalue weighted by Gasteiger charge is -2.16. The number of benzene rings is 1. The zero-order valence-electron chi connectivity index (χ0n) is 14.4. The Morgan fingerprint density at radius 2 is 2.12 bits per heavy atom. The first-order valence-corrected chi connectivity index (χ1v) is 11.2. The summed E-state index contributed by atoms with van der Waals surface area (Å²) in [6.07, 6.45) is 3.23. The molecule has 0 spiro atoms. The maximum Gasteiger partial charge on any atom is 0.261 e. The van der Waals surface area contributed by atoms with Crippen molar-refractivity contribution in [3.8, 4) is 0 Å². The standard InChI is InChI=1S/C18H21ClN2O3S2/c1-12-5-6-16-13(9-12)10-17(25-16)18(22)20-7-8-21-26(23,24)15-4-2-3-14(19)11-15/h2-4,10-12,21H,5-9H2,1H3,(H,20,22)/t12-/m0/s1. The van der Waals surface area contributed by atoms with Crippen LogP contribution in [-0.2, 0) is 22.9 Å². The number of halogens is 1. The van der Waals surface area contributed by atoms with Crippen molar-refractivity contribution in [3.05, 3.63) is 50.7 Å². The molecule has 140 valence electrons. The van der Waals surface area contributed by atoms with E-state index in [1.165, 1.54) is 29.0 Å². The van der Waals surface area contributed by atoms with Crippen molar-refractivity contribution in [1.29, 1.82) is 0 Å². The monoisotopic (exact) mass is 412 g/mol. The van der Waals surface area contributed by atoms with E-state index in [4.69, 9.17) is 11.6 Å². The van der Waals surface area contributed by atoms with Crippen molar-refractivity contribution < 1.29 is 13.2 Å². The fourth-order valence-corrected chi connectivity index (χ4v) is 5.44. The third-order valence-electron chi connectivity index (χ3n) is 4.36. The average Bonchev–Trinajstić information content (AvgIpc) is 3.02. The Kier molecular flexibility index (Phi) is 6.02. The van der Waals surface area contributed by atoms with E-state index in [-0.39, 0.29) is 23.9 Å². The highest BCUT2D eigenvalue weighted by Crippen LogP contribution is 2.32. The Labute approximate surface area is 162 Å². The van der Waals surface area contributed by atoms with Crippen molar-refractivity contribution in [2.24, 2.45) is 5.92 Å². The van der Waals surface area contributed by atoms with Crippen LogP contribution in [0.5, 0.6) is 0 Å². The summed E-state index contributed by atoms with van der Waals surface area (Å²) < 4.78 is 26.8. The van der Waals surface area contributed by atoms with E-state index in [0.717, 1.165) is 12.8 Å². The Balaban J connectivity index is 1.51. The Bertz CT molecular complexity index is 909. The smallest absolute Gasteiger partial charge is 0.261 e. The minimum Gasteiger partial charge on any atom is -0.350 e. The number of rotatable bonds is 6. The highest BCUT2D eigenvalue weighted by Gasteiger charge is 2.20. The number of fused-ring (bicyclic) bond motifs is 1. The second kappa shape index (κ2) is 8.08. The van der Waals surface area contributed by atoms with Crippen molar-refractivity contribution in [3.63, 3.8) is 0 Å². The second-order valence-electron chi connectivity index (χ2n) is 6.52. The van der Waals surface area contributed by atoms with Crippen LogP contribution in [0.1, 0.15) is 33.5 Å². The van der Waals surface area contributed by atoms with E-state index >= 15 is 0 Å². The average molecular weight is 413 g/mol. The number of aryl methyl sites for hydroxylation is 1. The number of carbonyl (C=O) groups is 1. The molecule has 1 amide bonds. The van der Waals surface area contributed by atoms with Crippen LogP contribution in [0.15, 0.2) is 35.2 Å². The molecule has 1 atom stereocenters. The predicted molar refractivity (Wildman–Crippen MR) is 104 cm³/mol. The summed E-state index contributed by atoms with van der Waals surface area (Å²) in [5.41, 5.74) is 1.28. The molecule has 0 bridgehead atoms. The fraction of sp³-hybridized carbons (Fsp3) is 0.389. The van der Waals surface area contributed by atoms with E-state index in [1.807, 2.05) is 6.07 Å². The number of hydrogen-bond acceptors (Lipinski definition) is 4. The first-order chi connectivity index (χ1) is 12.3. The lowest BCUT2D eigenvalue weighted by atomic mass is 9.90. The number of hydrogen-bond donors (Lipinski definition) is 2. The summed E-state index contributed by atoms with van der Waals surface area (Å²) >= 11 is 7.37. The number of sulfonamides is 1. The largest absolute Gasteiger partial charge is 0.350 e. The molecule has 0 fully saturated rings. The third-order valence-corrected chi connectivity index (χ3v) is 7.29. The number of thiophene rings is 1. The first kappa shape index (κ1) is 19.4. The van der Waals surface area contributed by atoms with Gasteiger partial charge in [-0.2, -0.15) is 0 Å². The van der Waals surface area contributed by atoms with Gasteiger partial charge in [-0.15, -0.1) is 11.3 Å². The van der Waals surface area contributed by atoms with Crippen LogP contribution < -0.4 is 10.0 Å². The fourth-order valence-electron chi connectivity index (χ4n) is 2.98. The van der Waals surface area contributed by atoms with Crippen LogP contribution in [-0.4, -0.2) is 27.4 Å². The normalized spacial score (nSPS) is 16.9. The van der Waals surface area contributed by atoms with Crippen LogP contribution in [0, 0.1) is 5.92 Å². The number of nitrogens with one attached hydrogen (secondary N) is 2. The third kappa shape index (κ3) is 4.65. The molecule has 0 unspecified atom stereocenters. The van der Waals surface area contributed by atoms with Crippen LogP contribution in [0.3, 0.4) is 0 Å². The topological polar surface area (TPSA) is 75.3 Å². The molecular weight excluding hydrogens is 392 g/mol. The molecule has 5 nitrogen and oxygen atoms in total. The molecule has 8 heteroatoms. The first-order valence-electron chi connectivity index (χ1n) is 8.50. The molecule has 0 saturated heterocycles. The summed E-state index contributed by atoms with van der Waals surface area (Å²) in [6.45, 7) is 2.56. The molecule has 26 heavy (non-hydrogen) atoms. The molecule has 1 aliphatic carbocycles. The van der Waals surface area contributed by atoms with Crippen LogP contribution >= 0.6 is 22.9 Å². The van der Waals surface area contributed by atoms with Gasteiger partial charge in [0.25, 0.3) is 5.91 Å². The van der Waals surface area contributed by atoms with E-state index in [2.05, 4.69) is 17.0 Å². The Hall–Kier alpha value is -1.41. The van der Waals surface area contributed by atoms with Gasteiger partial charge in [0.15, 0.2) is 0 Å². The van der Waals surface area contributed by atoms with Crippen LogP contribution in [0.4, 0.5) is 0 Å². The van der Waals surface area contributed by atoms with E-state index in [9.17, 15) is 13.2 Å². The van der Waals surface area contributed by atoms with Gasteiger partial charge in [0.2, 0.25) is 10.0 Å². The van der Waals surface area contributed by atoms with Crippen LogP contribution in [0.25, 0.3) is 0 Å². The predicted octanol–water partition coefficient (Wildman–Crippen LogP) is 3.23. The highest BCUT2D eigenvalue weighted by atomic mass is 35.5. The molecule has 1 aromatic heterocycles. The van der Waals surface area contributed by atoms with Gasteiger partial charge in [-0.1, -0.05) is 24.6 Å². The maximum absolute atomic E-state index is 12.3. The Morgan fingerprint density at radius 3 is 2.88 bits per heavy atom. The summed E-state index contributed by atoms with van der Waals surface area (Å²) in [5.74, 6) is 0.507. The lowest BCUT2D eigenvalue weighted by Crippen LogP contribution is -2.34. The summed E-state index contributed by atoms with van der Waals surface area (Å²) in [7, 11) is -3.64. The quantitative estimate of drug-likeness (QED) is 0.715. The lowest BCUT2D eigenvalue weighted by molar-refractivity contribution is 0.0958. The van der Waals surface area contributed by atoms with Gasteiger partial charge < -0.3 is 5.32 Å². The van der Waals surface area contributed by atoms with Crippen molar-refractivity contribution >= 4 is 38.9 Å². The Morgan fingerprint density at radius 1 is 1.31 bits per heavy atom. The van der Waals surface area contributed by atoms with Crippen LogP contribution in [0.2, 0.25) is 5.02 Å². The second-order valence-corrected chi connectivity index (χ2v) is 9.86. The van der Waals surface area contributed by atoms with Gasteiger partial charge in [-0.3, -0.25) is 4.79 Å². The number of carbonyl (C=O) groups excluding carboxylic acids is 1. The van der Waals surface area contributed by atoms with Crippen molar-refractivity contribution in [2.75, 3.05) is 13.1 Å². The van der Waals surface area contributed by atoms with Gasteiger partial charge in [0.05, 0.1) is 9.77 Å². The van der Waals surface area contributed by atoms with Crippen molar-refractivity contribution in [2.45, 2.75) is 31.1 Å². The molecule has 0 radical (unpaired) electrons. The van der Waals surface area contributed by atoms with Gasteiger partial charge in [-0.25, -0.2) is 13.1 Å². The summed E-state index contributed by atoms with van der Waals surface area (Å²) in [4.78, 5) is 14.4. The van der Waals surface area contributed by atoms with E-state index in [1.54, 1.807) is 23.5 Å². The van der Waals surface area contributed by atoms with E-state index in [0.29, 0.717) is 15.8 Å². The molecule has 2 aromatic rings. The summed E-state index contributed by atoms with van der Waals surface area (Å²) in [6, 6.07) is 8.03. The molecule has 1 aromatic carbocycles. The molecule has 0 aliphatic heterocycles. The SMILES string of the molecule is C[C@H]1CCc2sc(C(=O)NCCNS(=O)(=O)c3cccc(Cl)c3)cc2C1. The molecule has 3 rings (SSSR count). The highest BCUT2D eigenvalue weighted by molar-refractivity contribution is 7.89. The molecule has 1 aliphatic rings. The van der Waals surface area contributed by atoms with Gasteiger partial charge in [0.1, 0.15) is 0 Å². The van der Waals surface area contributed by atoms with Gasteiger partial charge >= 0.3 is 0 Å². The zero-order valence-corrected chi connectivity index (χ0v) is 16.8. The minimum absolute atomic E-state index is 0.108. The molecule has 1 heterocycles. The summed E-state index contributed by atoms with van der Waals surface area (Å²) in [5, 5.41) is 3.13.